The number of hydrogen-bond donors (Lipinski definition) is 2. The number of nitrogens with zero attached hydrogens (tertiary/aromatic N) is 2. The highest BCUT2D eigenvalue weighted by atomic mass is 16.2. The second kappa shape index (κ2) is 7.65. The van der Waals surface area contributed by atoms with Crippen LogP contribution in [0, 0.1) is 0 Å². The van der Waals surface area contributed by atoms with E-state index in [1.807, 2.05) is 23.1 Å². The van der Waals surface area contributed by atoms with Gasteiger partial charge >= 0.3 is 0 Å². The van der Waals surface area contributed by atoms with Gasteiger partial charge in [0, 0.05) is 24.3 Å². The van der Waals surface area contributed by atoms with Crippen LogP contribution in [0.4, 0.5) is 11.4 Å². The lowest BCUT2D eigenvalue weighted by atomic mass is 10.0. The number of nitrogens with one attached hydrogen (secondary N) is 1. The molecule has 1 unspecified atom stereocenters. The third-order valence-corrected chi connectivity index (χ3v) is 4.80. The topological polar surface area (TPSA) is 95.7 Å². The van der Waals surface area contributed by atoms with Gasteiger partial charge in [0.05, 0.1) is 12.6 Å². The molecule has 3 rings (SSSR count). The summed E-state index contributed by atoms with van der Waals surface area (Å²) in [6, 6.07) is 6.93. The first-order chi connectivity index (χ1) is 12.0. The first kappa shape index (κ1) is 17.4. The molecule has 0 spiro atoms. The van der Waals surface area contributed by atoms with E-state index < -0.39 is 0 Å². The molecule has 3 amide bonds. The highest BCUT2D eigenvalue weighted by Gasteiger charge is 2.28. The zero-order chi connectivity index (χ0) is 17.8. The van der Waals surface area contributed by atoms with Crippen molar-refractivity contribution in [1.29, 1.82) is 0 Å². The van der Waals surface area contributed by atoms with Gasteiger partial charge in [-0.15, -0.1) is 0 Å². The number of hydrogen-bond acceptors (Lipinski definition) is 4. The number of benzene rings is 1. The van der Waals surface area contributed by atoms with Crippen molar-refractivity contribution in [2.45, 2.75) is 38.1 Å². The molecule has 25 heavy (non-hydrogen) atoms. The molecule has 3 N–H and O–H groups in total. The molecular weight excluding hydrogens is 320 g/mol. The maximum Gasteiger partial charge on any atom is 0.238 e. The summed E-state index contributed by atoms with van der Waals surface area (Å²) in [6.45, 7) is 1.55. The SMILES string of the molecule is NC(=O)C1CCCCN1CC(=O)Nc1cccc(N2CCCC2=O)c1. The predicted octanol–water partition coefficient (Wildman–Crippen LogP) is 1.09. The number of carbonyl (C=O) groups is 3. The molecule has 7 nitrogen and oxygen atoms in total. The summed E-state index contributed by atoms with van der Waals surface area (Å²) < 4.78 is 0. The molecular formula is C18H24N4O3. The fourth-order valence-corrected chi connectivity index (χ4v) is 3.56. The van der Waals surface area contributed by atoms with Gasteiger partial charge in [-0.25, -0.2) is 0 Å². The predicted molar refractivity (Wildman–Crippen MR) is 95.1 cm³/mol. The van der Waals surface area contributed by atoms with Gasteiger partial charge in [0.15, 0.2) is 0 Å². The second-order valence-corrected chi connectivity index (χ2v) is 6.63. The van der Waals surface area contributed by atoms with Crippen LogP contribution in [0.25, 0.3) is 0 Å². The molecule has 1 atom stereocenters. The zero-order valence-electron chi connectivity index (χ0n) is 14.2. The Labute approximate surface area is 147 Å². The summed E-state index contributed by atoms with van der Waals surface area (Å²) in [4.78, 5) is 39.3. The van der Waals surface area contributed by atoms with E-state index in [0.29, 0.717) is 31.6 Å². The molecule has 2 fully saturated rings. The van der Waals surface area contributed by atoms with E-state index >= 15 is 0 Å². The van der Waals surface area contributed by atoms with Crippen molar-refractivity contribution in [3.8, 4) is 0 Å². The number of nitrogens with two attached hydrogens (primary N) is 1. The van der Waals surface area contributed by atoms with Gasteiger partial charge in [0.1, 0.15) is 0 Å². The van der Waals surface area contributed by atoms with Crippen LogP contribution < -0.4 is 16.0 Å². The van der Waals surface area contributed by atoms with E-state index in [2.05, 4.69) is 5.32 Å². The molecule has 1 aromatic carbocycles. The summed E-state index contributed by atoms with van der Waals surface area (Å²) in [7, 11) is 0. The van der Waals surface area contributed by atoms with Crippen LogP contribution in [0.2, 0.25) is 0 Å². The van der Waals surface area contributed by atoms with E-state index in [0.717, 1.165) is 24.9 Å². The molecule has 2 aliphatic rings. The first-order valence-electron chi connectivity index (χ1n) is 8.78. The minimum Gasteiger partial charge on any atom is -0.368 e. The third-order valence-electron chi connectivity index (χ3n) is 4.80. The van der Waals surface area contributed by atoms with Crippen molar-refractivity contribution in [2.24, 2.45) is 5.73 Å². The fraction of sp³-hybridized carbons (Fsp3) is 0.500. The number of piperidine rings is 1. The molecule has 0 radical (unpaired) electrons. The lowest BCUT2D eigenvalue weighted by molar-refractivity contribution is -0.126. The number of carbonyl (C=O) groups excluding carboxylic acids is 3. The Bertz CT molecular complexity index is 676. The minimum atomic E-state index is -0.373. The van der Waals surface area contributed by atoms with E-state index in [-0.39, 0.29) is 30.3 Å². The average molecular weight is 344 g/mol. The van der Waals surface area contributed by atoms with E-state index in [1.165, 1.54) is 0 Å². The van der Waals surface area contributed by atoms with Gasteiger partial charge < -0.3 is 16.0 Å². The van der Waals surface area contributed by atoms with Crippen molar-refractivity contribution in [2.75, 3.05) is 29.9 Å². The molecule has 7 heteroatoms. The largest absolute Gasteiger partial charge is 0.368 e. The van der Waals surface area contributed by atoms with Crippen LogP contribution in [-0.4, -0.2) is 48.3 Å². The monoisotopic (exact) mass is 344 g/mol. The third kappa shape index (κ3) is 4.17. The lowest BCUT2D eigenvalue weighted by Gasteiger charge is -2.32. The summed E-state index contributed by atoms with van der Waals surface area (Å²) in [5.41, 5.74) is 6.89. The Balaban J connectivity index is 1.63. The molecule has 0 aliphatic carbocycles. The number of primary amides is 1. The summed E-state index contributed by atoms with van der Waals surface area (Å²) in [5.74, 6) is -0.443. The molecule has 0 saturated carbocycles. The smallest absolute Gasteiger partial charge is 0.238 e. The van der Waals surface area contributed by atoms with Crippen molar-refractivity contribution in [3.63, 3.8) is 0 Å². The number of rotatable bonds is 5. The zero-order valence-corrected chi connectivity index (χ0v) is 14.2. The summed E-state index contributed by atoms with van der Waals surface area (Å²) in [6.07, 6.45) is 4.05. The number of amides is 3. The van der Waals surface area contributed by atoms with Gasteiger partial charge in [0.25, 0.3) is 0 Å². The van der Waals surface area contributed by atoms with Crippen LogP contribution in [0.1, 0.15) is 32.1 Å². The minimum absolute atomic E-state index is 0.112. The number of anilines is 2. The molecule has 0 aromatic heterocycles. The molecule has 0 bridgehead atoms. The second-order valence-electron chi connectivity index (χ2n) is 6.63. The van der Waals surface area contributed by atoms with Crippen LogP contribution in [-0.2, 0) is 14.4 Å². The first-order valence-corrected chi connectivity index (χ1v) is 8.78. The Kier molecular flexibility index (Phi) is 5.33. The molecule has 2 aliphatic heterocycles. The van der Waals surface area contributed by atoms with Gasteiger partial charge in [0.2, 0.25) is 17.7 Å². The van der Waals surface area contributed by atoms with Gasteiger partial charge in [-0.1, -0.05) is 12.5 Å². The van der Waals surface area contributed by atoms with Crippen LogP contribution in [0.5, 0.6) is 0 Å². The van der Waals surface area contributed by atoms with Crippen molar-refractivity contribution >= 4 is 29.1 Å². The van der Waals surface area contributed by atoms with Crippen molar-refractivity contribution in [1.82, 2.24) is 4.90 Å². The maximum atomic E-state index is 12.4. The van der Waals surface area contributed by atoms with E-state index in [9.17, 15) is 14.4 Å². The van der Waals surface area contributed by atoms with Crippen molar-refractivity contribution in [3.05, 3.63) is 24.3 Å². The van der Waals surface area contributed by atoms with Gasteiger partial charge in [-0.05, 0) is 44.0 Å². The van der Waals surface area contributed by atoms with Crippen LogP contribution >= 0.6 is 0 Å². The lowest BCUT2D eigenvalue weighted by Crippen LogP contribution is -2.50. The molecule has 2 heterocycles. The maximum absolute atomic E-state index is 12.4. The Morgan fingerprint density at radius 1 is 1.20 bits per heavy atom. The fourth-order valence-electron chi connectivity index (χ4n) is 3.56. The normalized spacial score (nSPS) is 21.4. The molecule has 1 aromatic rings. The Hall–Kier alpha value is -2.41. The van der Waals surface area contributed by atoms with Crippen molar-refractivity contribution < 1.29 is 14.4 Å². The summed E-state index contributed by atoms with van der Waals surface area (Å²) >= 11 is 0. The van der Waals surface area contributed by atoms with E-state index in [4.69, 9.17) is 5.73 Å². The van der Waals surface area contributed by atoms with Gasteiger partial charge in [-0.3, -0.25) is 19.3 Å². The standard InChI is InChI=1S/C18H24N4O3/c19-18(25)15-7-1-2-9-21(15)12-16(23)20-13-5-3-6-14(11-13)22-10-4-8-17(22)24/h3,5-6,11,15H,1-2,4,7-10,12H2,(H2,19,25)(H,20,23). The Morgan fingerprint density at radius 3 is 2.76 bits per heavy atom. The highest BCUT2D eigenvalue weighted by molar-refractivity contribution is 5.97. The number of likely N-dealkylation sites (tertiary alicyclic amines) is 1. The molecule has 134 valence electrons. The summed E-state index contributed by atoms with van der Waals surface area (Å²) in [5, 5.41) is 2.86. The quantitative estimate of drug-likeness (QED) is 0.836. The van der Waals surface area contributed by atoms with Gasteiger partial charge in [-0.2, -0.15) is 0 Å². The van der Waals surface area contributed by atoms with Crippen LogP contribution in [0.3, 0.4) is 0 Å². The Morgan fingerprint density at radius 2 is 2.04 bits per heavy atom. The van der Waals surface area contributed by atoms with Crippen LogP contribution in [0.15, 0.2) is 24.3 Å². The highest BCUT2D eigenvalue weighted by Crippen LogP contribution is 2.24. The van der Waals surface area contributed by atoms with E-state index in [1.54, 1.807) is 11.0 Å². The average Bonchev–Trinajstić information content (AvgIpc) is 3.01. The molecule has 2 saturated heterocycles.